The largest absolute Gasteiger partial charge is 0.489 e. The molecular weight excluding hydrogens is 874 g/mol. The van der Waals surface area contributed by atoms with Crippen molar-refractivity contribution >= 4 is 23.4 Å². The van der Waals surface area contributed by atoms with Crippen LogP contribution >= 0.6 is 0 Å². The average Bonchev–Trinajstić information content (AvgIpc) is 3.83. The highest BCUT2D eigenvalue weighted by atomic mass is 19.1. The van der Waals surface area contributed by atoms with E-state index in [9.17, 15) is 24.7 Å². The topological polar surface area (TPSA) is 172 Å². The summed E-state index contributed by atoms with van der Waals surface area (Å²) < 4.78 is 47.1. The van der Waals surface area contributed by atoms with Gasteiger partial charge in [0.2, 0.25) is 18.5 Å². The molecular formula is C53H58FN3O11. The van der Waals surface area contributed by atoms with E-state index >= 15 is 4.79 Å². The fourth-order valence-electron chi connectivity index (χ4n) is 10.2. The quantitative estimate of drug-likeness (QED) is 0.0253. The van der Waals surface area contributed by atoms with Crippen LogP contribution in [-0.2, 0) is 27.5 Å². The Balaban J connectivity index is 1.31. The number of oxime groups is 1. The van der Waals surface area contributed by atoms with Crippen molar-refractivity contribution in [1.82, 2.24) is 4.90 Å². The number of unbranched alkanes of at least 4 members (excludes halogenated alkanes) is 2. The summed E-state index contributed by atoms with van der Waals surface area (Å²) in [4.78, 5) is 33.8. The zero-order valence-corrected chi connectivity index (χ0v) is 38.2. The summed E-state index contributed by atoms with van der Waals surface area (Å²) in [5.74, 6) is -1.10. The van der Waals surface area contributed by atoms with E-state index in [1.54, 1.807) is 53.5 Å². The van der Waals surface area contributed by atoms with E-state index in [2.05, 4.69) is 12.7 Å². The van der Waals surface area contributed by atoms with Crippen molar-refractivity contribution in [3.8, 4) is 23.0 Å². The number of nitro groups is 1. The minimum atomic E-state index is -1.56. The van der Waals surface area contributed by atoms with E-state index in [0.29, 0.717) is 52.7 Å². The number of fused-ring (bicyclic) bond motifs is 3. The predicted molar refractivity (Wildman–Crippen MR) is 253 cm³/mol. The van der Waals surface area contributed by atoms with E-state index in [1.165, 1.54) is 24.3 Å². The fourth-order valence-corrected chi connectivity index (χ4v) is 10.2. The first-order valence-electron chi connectivity index (χ1n) is 23.4. The lowest BCUT2D eigenvalue weighted by atomic mass is 9.55. The summed E-state index contributed by atoms with van der Waals surface area (Å²) in [7, 11) is 0. The van der Waals surface area contributed by atoms with Gasteiger partial charge in [-0.15, -0.1) is 6.58 Å². The van der Waals surface area contributed by atoms with Crippen molar-refractivity contribution in [2.24, 2.45) is 22.9 Å². The van der Waals surface area contributed by atoms with E-state index < -0.39 is 28.6 Å². The summed E-state index contributed by atoms with van der Waals surface area (Å²) in [6.45, 7) is 6.48. The van der Waals surface area contributed by atoms with Crippen LogP contribution in [0.4, 0.5) is 10.1 Å². The second kappa shape index (κ2) is 22.0. The maximum absolute atomic E-state index is 15.2. The molecule has 0 saturated heterocycles. The van der Waals surface area contributed by atoms with Gasteiger partial charge in [-0.25, -0.2) is 4.39 Å². The van der Waals surface area contributed by atoms with Gasteiger partial charge in [0.15, 0.2) is 11.5 Å². The van der Waals surface area contributed by atoms with Gasteiger partial charge < -0.3 is 43.6 Å². The first kappa shape index (κ1) is 47.9. The number of hydrogen-bond donors (Lipinski definition) is 2. The molecule has 2 heterocycles. The summed E-state index contributed by atoms with van der Waals surface area (Å²) in [5.41, 5.74) is 4.02. The standard InChI is InChI=1S/C53H58FN3O11/c1-3-27-66-53-49(56(32-36-17-22-47-48(28-36)65-34-64-47)50(60)24-18-35-15-19-39(20-16-35)57(61)62)31-45(55-67-4-2)42-29-37(11-7-9-25-58)41(13-8-10-26-59)51(52(42)53)43-30-40(21-23-46(43)68-53)63-33-38-12-5-6-14-44(38)54/h3,5-6,12,14-24,28-30,37,41,49,51-52,58-59H,1,4,7-11,13,25-27,31-34H2,2H3/t37-,41+,49-,51+,52+,53+/m0/s1. The van der Waals surface area contributed by atoms with Crippen LogP contribution in [0.3, 0.4) is 0 Å². The molecule has 1 fully saturated rings. The number of rotatable bonds is 22. The molecule has 4 aromatic carbocycles. The Kier molecular flexibility index (Phi) is 15.5. The molecule has 15 heteroatoms. The first-order valence-corrected chi connectivity index (χ1v) is 23.4. The number of hydrogen-bond acceptors (Lipinski definition) is 12. The van der Waals surface area contributed by atoms with Gasteiger partial charge in [-0.1, -0.05) is 54.4 Å². The number of non-ortho nitro benzene ring substituents is 1. The molecule has 2 N–H and O–H groups in total. The molecule has 8 rings (SSSR count). The number of carbonyl (C=O) groups excluding carboxylic acids is 1. The molecule has 1 amide bonds. The smallest absolute Gasteiger partial charge is 0.269 e. The van der Waals surface area contributed by atoms with Gasteiger partial charge in [-0.05, 0) is 116 Å². The number of allylic oxidation sites excluding steroid dienone is 1. The molecule has 0 bridgehead atoms. The van der Waals surface area contributed by atoms with Crippen LogP contribution in [0.2, 0.25) is 0 Å². The van der Waals surface area contributed by atoms with Crippen molar-refractivity contribution in [2.45, 2.75) is 82.8 Å². The molecule has 0 unspecified atom stereocenters. The Morgan fingerprint density at radius 1 is 0.985 bits per heavy atom. The van der Waals surface area contributed by atoms with Crippen molar-refractivity contribution in [1.29, 1.82) is 0 Å². The molecule has 6 atom stereocenters. The third-order valence-electron chi connectivity index (χ3n) is 13.3. The van der Waals surface area contributed by atoms with Gasteiger partial charge in [0, 0.05) is 61.4 Å². The Bertz CT molecular complexity index is 2530. The number of amides is 1. The summed E-state index contributed by atoms with van der Waals surface area (Å²) >= 11 is 0. The lowest BCUT2D eigenvalue weighted by Crippen LogP contribution is -2.70. The first-order chi connectivity index (χ1) is 33.2. The minimum Gasteiger partial charge on any atom is -0.489 e. The zero-order valence-electron chi connectivity index (χ0n) is 38.2. The van der Waals surface area contributed by atoms with Crippen LogP contribution in [0, 0.1) is 33.7 Å². The zero-order chi connectivity index (χ0) is 47.6. The summed E-state index contributed by atoms with van der Waals surface area (Å²) in [5, 5.41) is 36.2. The summed E-state index contributed by atoms with van der Waals surface area (Å²) in [6, 6.07) is 22.7. The van der Waals surface area contributed by atoms with Crippen LogP contribution in [0.5, 0.6) is 23.0 Å². The Hall–Kier alpha value is -6.55. The Morgan fingerprint density at radius 2 is 1.75 bits per heavy atom. The Morgan fingerprint density at radius 3 is 2.50 bits per heavy atom. The van der Waals surface area contributed by atoms with Gasteiger partial charge in [0.1, 0.15) is 36.6 Å². The highest BCUT2D eigenvalue weighted by Gasteiger charge is 2.65. The molecule has 0 aromatic heterocycles. The number of carbonyl (C=O) groups is 1. The van der Waals surface area contributed by atoms with Crippen molar-refractivity contribution in [2.75, 3.05) is 33.2 Å². The molecule has 4 aromatic rings. The van der Waals surface area contributed by atoms with Crippen LogP contribution in [0.15, 0.2) is 120 Å². The number of benzene rings is 4. The molecule has 0 spiro atoms. The molecule has 358 valence electrons. The van der Waals surface area contributed by atoms with Gasteiger partial charge in [-0.2, -0.15) is 0 Å². The van der Waals surface area contributed by atoms with Crippen LogP contribution in [-0.4, -0.2) is 76.7 Å². The second-order valence-corrected chi connectivity index (χ2v) is 17.4. The average molecular weight is 932 g/mol. The van der Waals surface area contributed by atoms with Gasteiger partial charge in [0.05, 0.1) is 23.2 Å². The van der Waals surface area contributed by atoms with E-state index in [1.807, 2.05) is 37.3 Å². The van der Waals surface area contributed by atoms with Gasteiger partial charge in [0.25, 0.3) is 5.69 Å². The van der Waals surface area contributed by atoms with Crippen LogP contribution < -0.4 is 18.9 Å². The highest BCUT2D eigenvalue weighted by molar-refractivity contribution is 6.03. The van der Waals surface area contributed by atoms with Crippen molar-refractivity contribution < 1.29 is 52.8 Å². The van der Waals surface area contributed by atoms with Gasteiger partial charge >= 0.3 is 0 Å². The number of aliphatic hydroxyl groups excluding tert-OH is 2. The maximum Gasteiger partial charge on any atom is 0.269 e. The number of aliphatic hydroxyl groups is 2. The minimum absolute atomic E-state index is 0.000774. The fraction of sp³-hybridized carbons (Fsp3) is 0.396. The van der Waals surface area contributed by atoms with E-state index in [0.717, 1.165) is 42.4 Å². The van der Waals surface area contributed by atoms with Crippen LogP contribution in [0.1, 0.15) is 80.0 Å². The maximum atomic E-state index is 15.2. The molecule has 1 saturated carbocycles. The lowest BCUT2D eigenvalue weighted by Gasteiger charge is -2.60. The van der Waals surface area contributed by atoms with E-state index in [4.69, 9.17) is 33.7 Å². The van der Waals surface area contributed by atoms with Gasteiger partial charge in [-0.3, -0.25) is 14.9 Å². The van der Waals surface area contributed by atoms with E-state index in [-0.39, 0.29) is 82.1 Å². The SMILES string of the molecule is C=CCO[C@@]12Oc3ccc(OCc4ccccc4F)cc3[C@H]3[C@H](CCCCO)[C@@H](CCCCO)C=C(C(=NOCC)C[C@@H]1N(Cc1ccc4c(c1)OCO4)C(=O)C=Cc1ccc([N+](=O)[O-])cc1)[C@H]32. The number of nitro benzene ring substituents is 1. The number of nitrogens with zero attached hydrogens (tertiary/aromatic N) is 3. The molecule has 0 radical (unpaired) electrons. The monoisotopic (exact) mass is 931 g/mol. The molecule has 14 nitrogen and oxygen atoms in total. The Labute approximate surface area is 395 Å². The summed E-state index contributed by atoms with van der Waals surface area (Å²) in [6.07, 6.45) is 11.4. The molecule has 2 aliphatic carbocycles. The molecule has 4 aliphatic rings. The normalized spacial score (nSPS) is 22.7. The highest BCUT2D eigenvalue weighted by Crippen LogP contribution is 2.62. The van der Waals surface area contributed by atoms with Crippen LogP contribution in [0.25, 0.3) is 6.08 Å². The third-order valence-corrected chi connectivity index (χ3v) is 13.3. The molecule has 2 aliphatic heterocycles. The lowest BCUT2D eigenvalue weighted by molar-refractivity contribution is -0.384. The predicted octanol–water partition coefficient (Wildman–Crippen LogP) is 9.44. The molecule has 68 heavy (non-hydrogen) atoms. The second-order valence-electron chi connectivity index (χ2n) is 17.4. The number of ether oxygens (including phenoxy) is 5. The van der Waals surface area contributed by atoms with Crippen molar-refractivity contribution in [3.63, 3.8) is 0 Å². The van der Waals surface area contributed by atoms with Crippen molar-refractivity contribution in [3.05, 3.63) is 153 Å². The number of halogens is 1. The third kappa shape index (κ3) is 10.3.